The second-order valence-electron chi connectivity index (χ2n) is 4.63. The zero-order valence-electron chi connectivity index (χ0n) is 11.2. The Hall–Kier alpha value is -0.790. The SMILES string of the molecule is CCCCC=C(C)CC(C)CCOC(C)=O. The molecule has 0 radical (unpaired) electrons. The van der Waals surface area contributed by atoms with Gasteiger partial charge in [0.2, 0.25) is 0 Å². The molecular weight excluding hydrogens is 200 g/mol. The van der Waals surface area contributed by atoms with Gasteiger partial charge in [-0.15, -0.1) is 0 Å². The van der Waals surface area contributed by atoms with E-state index in [2.05, 4.69) is 26.8 Å². The minimum absolute atomic E-state index is 0.178. The van der Waals surface area contributed by atoms with Crippen LogP contribution in [-0.4, -0.2) is 12.6 Å². The first-order valence-electron chi connectivity index (χ1n) is 6.35. The lowest BCUT2D eigenvalue weighted by molar-refractivity contribution is -0.141. The summed E-state index contributed by atoms with van der Waals surface area (Å²) in [6.07, 6.45) is 8.14. The molecule has 0 saturated carbocycles. The molecule has 0 saturated heterocycles. The monoisotopic (exact) mass is 226 g/mol. The van der Waals surface area contributed by atoms with Crippen molar-refractivity contribution in [1.29, 1.82) is 0 Å². The Balaban J connectivity index is 3.64. The molecule has 0 aromatic heterocycles. The second kappa shape index (κ2) is 9.44. The second-order valence-corrected chi connectivity index (χ2v) is 4.63. The lowest BCUT2D eigenvalue weighted by Gasteiger charge is -2.11. The minimum atomic E-state index is -0.178. The van der Waals surface area contributed by atoms with Crippen LogP contribution in [0.25, 0.3) is 0 Å². The first-order chi connectivity index (χ1) is 7.56. The molecule has 0 amide bonds. The zero-order valence-corrected chi connectivity index (χ0v) is 11.2. The van der Waals surface area contributed by atoms with E-state index in [0.29, 0.717) is 12.5 Å². The molecule has 0 N–H and O–H groups in total. The number of carbonyl (C=O) groups is 1. The van der Waals surface area contributed by atoms with Gasteiger partial charge in [-0.05, 0) is 32.1 Å². The van der Waals surface area contributed by atoms with Gasteiger partial charge < -0.3 is 4.74 Å². The van der Waals surface area contributed by atoms with Gasteiger partial charge in [0.1, 0.15) is 0 Å². The van der Waals surface area contributed by atoms with Gasteiger partial charge in [0.15, 0.2) is 0 Å². The van der Waals surface area contributed by atoms with Crippen molar-refractivity contribution in [3.8, 4) is 0 Å². The zero-order chi connectivity index (χ0) is 12.4. The summed E-state index contributed by atoms with van der Waals surface area (Å²) in [7, 11) is 0. The summed E-state index contributed by atoms with van der Waals surface area (Å²) < 4.78 is 4.93. The first-order valence-corrected chi connectivity index (χ1v) is 6.35. The van der Waals surface area contributed by atoms with E-state index in [1.165, 1.54) is 31.8 Å². The Morgan fingerprint density at radius 3 is 2.62 bits per heavy atom. The van der Waals surface area contributed by atoms with Crippen molar-refractivity contribution in [3.63, 3.8) is 0 Å². The molecule has 2 heteroatoms. The largest absolute Gasteiger partial charge is 0.466 e. The first kappa shape index (κ1) is 15.2. The summed E-state index contributed by atoms with van der Waals surface area (Å²) in [6.45, 7) is 8.63. The Morgan fingerprint density at radius 1 is 1.38 bits per heavy atom. The van der Waals surface area contributed by atoms with Crippen molar-refractivity contribution in [2.45, 2.75) is 59.8 Å². The summed E-state index contributed by atoms with van der Waals surface area (Å²) in [5.74, 6) is 0.416. The molecule has 1 unspecified atom stereocenters. The van der Waals surface area contributed by atoms with Crippen LogP contribution in [0.1, 0.15) is 59.8 Å². The fraction of sp³-hybridized carbons (Fsp3) is 0.786. The maximum atomic E-state index is 10.6. The number of hydrogen-bond acceptors (Lipinski definition) is 2. The lowest BCUT2D eigenvalue weighted by atomic mass is 9.98. The van der Waals surface area contributed by atoms with Crippen LogP contribution < -0.4 is 0 Å². The highest BCUT2D eigenvalue weighted by atomic mass is 16.5. The Bertz CT molecular complexity index is 219. The topological polar surface area (TPSA) is 26.3 Å². The third-order valence-corrected chi connectivity index (χ3v) is 2.64. The highest BCUT2D eigenvalue weighted by Gasteiger charge is 2.04. The number of unbranched alkanes of at least 4 members (excludes halogenated alkanes) is 2. The average molecular weight is 226 g/mol. The van der Waals surface area contributed by atoms with Gasteiger partial charge >= 0.3 is 5.97 Å². The van der Waals surface area contributed by atoms with E-state index in [0.717, 1.165) is 12.8 Å². The molecule has 0 aromatic rings. The van der Waals surface area contributed by atoms with E-state index in [1.54, 1.807) is 0 Å². The molecule has 0 heterocycles. The molecule has 1 atom stereocenters. The van der Waals surface area contributed by atoms with Crippen LogP contribution in [0.15, 0.2) is 11.6 Å². The van der Waals surface area contributed by atoms with Gasteiger partial charge in [-0.2, -0.15) is 0 Å². The molecule has 2 nitrogen and oxygen atoms in total. The van der Waals surface area contributed by atoms with Crippen molar-refractivity contribution < 1.29 is 9.53 Å². The Kier molecular flexibility index (Phi) is 8.97. The van der Waals surface area contributed by atoms with Crippen LogP contribution in [0.5, 0.6) is 0 Å². The predicted octanol–water partition coefficient (Wildman–Crippen LogP) is 4.10. The van der Waals surface area contributed by atoms with Crippen molar-refractivity contribution in [2.24, 2.45) is 5.92 Å². The number of rotatable bonds is 8. The van der Waals surface area contributed by atoms with E-state index in [-0.39, 0.29) is 5.97 Å². The quantitative estimate of drug-likeness (QED) is 0.354. The summed E-state index contributed by atoms with van der Waals surface area (Å²) in [6, 6.07) is 0. The summed E-state index contributed by atoms with van der Waals surface area (Å²) in [5, 5.41) is 0. The molecular formula is C14H26O2. The number of allylic oxidation sites excluding steroid dienone is 2. The Labute approximate surface area is 100 Å². The molecule has 0 bridgehead atoms. The minimum Gasteiger partial charge on any atom is -0.466 e. The molecule has 0 aliphatic carbocycles. The van der Waals surface area contributed by atoms with Crippen LogP contribution in [-0.2, 0) is 9.53 Å². The molecule has 0 rings (SSSR count). The molecule has 94 valence electrons. The standard InChI is InChI=1S/C14H26O2/c1-5-6-7-8-12(2)11-13(3)9-10-16-14(4)15/h8,13H,5-7,9-11H2,1-4H3. The highest BCUT2D eigenvalue weighted by Crippen LogP contribution is 2.15. The van der Waals surface area contributed by atoms with E-state index >= 15 is 0 Å². The van der Waals surface area contributed by atoms with Crippen LogP contribution in [0.4, 0.5) is 0 Å². The van der Waals surface area contributed by atoms with E-state index in [9.17, 15) is 4.79 Å². The van der Waals surface area contributed by atoms with E-state index in [1.807, 2.05) is 0 Å². The number of ether oxygens (including phenoxy) is 1. The lowest BCUT2D eigenvalue weighted by Crippen LogP contribution is -2.05. The van der Waals surface area contributed by atoms with E-state index in [4.69, 9.17) is 4.74 Å². The third kappa shape index (κ3) is 9.75. The van der Waals surface area contributed by atoms with Crippen molar-refractivity contribution in [3.05, 3.63) is 11.6 Å². The van der Waals surface area contributed by atoms with Crippen molar-refractivity contribution >= 4 is 5.97 Å². The van der Waals surface area contributed by atoms with Crippen LogP contribution in [0, 0.1) is 5.92 Å². The summed E-state index contributed by atoms with van der Waals surface area (Å²) >= 11 is 0. The molecule has 0 aliphatic rings. The third-order valence-electron chi connectivity index (χ3n) is 2.64. The van der Waals surface area contributed by atoms with Gasteiger partial charge in [0.05, 0.1) is 6.61 Å². The van der Waals surface area contributed by atoms with Gasteiger partial charge in [0, 0.05) is 6.92 Å². The maximum absolute atomic E-state index is 10.6. The number of carbonyl (C=O) groups excluding carboxylic acids is 1. The fourth-order valence-electron chi connectivity index (χ4n) is 1.69. The molecule has 0 aromatic carbocycles. The molecule has 0 spiro atoms. The molecule has 0 aliphatic heterocycles. The highest BCUT2D eigenvalue weighted by molar-refractivity contribution is 5.65. The van der Waals surface area contributed by atoms with Crippen LogP contribution >= 0.6 is 0 Å². The smallest absolute Gasteiger partial charge is 0.302 e. The average Bonchev–Trinajstić information content (AvgIpc) is 2.17. The van der Waals surface area contributed by atoms with Gasteiger partial charge in [-0.1, -0.05) is 38.3 Å². The van der Waals surface area contributed by atoms with Gasteiger partial charge in [-0.25, -0.2) is 0 Å². The predicted molar refractivity (Wildman–Crippen MR) is 68.3 cm³/mol. The maximum Gasteiger partial charge on any atom is 0.302 e. The Morgan fingerprint density at radius 2 is 2.06 bits per heavy atom. The van der Waals surface area contributed by atoms with Gasteiger partial charge in [-0.3, -0.25) is 4.79 Å². The molecule has 0 fully saturated rings. The fourth-order valence-corrected chi connectivity index (χ4v) is 1.69. The summed E-state index contributed by atoms with van der Waals surface area (Å²) in [4.78, 5) is 10.6. The van der Waals surface area contributed by atoms with Crippen LogP contribution in [0.3, 0.4) is 0 Å². The number of hydrogen-bond donors (Lipinski definition) is 0. The van der Waals surface area contributed by atoms with Gasteiger partial charge in [0.25, 0.3) is 0 Å². The van der Waals surface area contributed by atoms with Crippen LogP contribution in [0.2, 0.25) is 0 Å². The summed E-state index contributed by atoms with van der Waals surface area (Å²) in [5.41, 5.74) is 1.46. The van der Waals surface area contributed by atoms with Crippen molar-refractivity contribution in [1.82, 2.24) is 0 Å². The van der Waals surface area contributed by atoms with Crippen molar-refractivity contribution in [2.75, 3.05) is 6.61 Å². The van der Waals surface area contributed by atoms with E-state index < -0.39 is 0 Å². The molecule has 16 heavy (non-hydrogen) atoms. The number of esters is 1. The normalized spacial score (nSPS) is 13.6.